The quantitative estimate of drug-likeness (QED) is 0.876. The van der Waals surface area contributed by atoms with Crippen LogP contribution in [-0.2, 0) is 0 Å². The van der Waals surface area contributed by atoms with E-state index in [0.29, 0.717) is 11.8 Å². The maximum atomic E-state index is 5.23. The molecule has 1 atom stereocenters. The van der Waals surface area contributed by atoms with Gasteiger partial charge in [-0.05, 0) is 45.7 Å². The highest BCUT2D eigenvalue weighted by Gasteiger charge is 2.18. The Kier molecular flexibility index (Phi) is 4.96. The number of aromatic nitrogens is 2. The van der Waals surface area contributed by atoms with Crippen LogP contribution in [-0.4, -0.2) is 43.3 Å². The summed E-state index contributed by atoms with van der Waals surface area (Å²) in [6.45, 7) is 8.30. The Hall–Kier alpha value is -1.36. The topological polar surface area (TPSA) is 50.3 Å². The van der Waals surface area contributed by atoms with Crippen molar-refractivity contribution in [3.63, 3.8) is 0 Å². The second-order valence-corrected chi connectivity index (χ2v) is 5.10. The standard InChI is InChI=1S/C14H24N4O/c1-4-18(10-12-6-5-7-15-9-12)14-16-11(2)8-13(17-14)19-3/h8,12,15H,4-7,9-10H2,1-3H3. The molecule has 1 aromatic heterocycles. The molecule has 5 heteroatoms. The van der Waals surface area contributed by atoms with Crippen LogP contribution in [0.3, 0.4) is 0 Å². The van der Waals surface area contributed by atoms with Crippen molar-refractivity contribution in [2.24, 2.45) is 5.92 Å². The minimum Gasteiger partial charge on any atom is -0.481 e. The molecule has 1 unspecified atom stereocenters. The minimum absolute atomic E-state index is 0.641. The number of hydrogen-bond donors (Lipinski definition) is 1. The molecule has 1 aromatic rings. The Morgan fingerprint density at radius 1 is 1.47 bits per heavy atom. The molecule has 5 nitrogen and oxygen atoms in total. The van der Waals surface area contributed by atoms with Crippen LogP contribution < -0.4 is 15.0 Å². The van der Waals surface area contributed by atoms with E-state index >= 15 is 0 Å². The van der Waals surface area contributed by atoms with Crippen LogP contribution in [0.25, 0.3) is 0 Å². The van der Waals surface area contributed by atoms with E-state index in [1.807, 2.05) is 13.0 Å². The van der Waals surface area contributed by atoms with E-state index in [1.165, 1.54) is 12.8 Å². The second-order valence-electron chi connectivity index (χ2n) is 5.10. The molecular formula is C14H24N4O. The van der Waals surface area contributed by atoms with Gasteiger partial charge in [-0.2, -0.15) is 4.98 Å². The molecule has 2 rings (SSSR count). The summed E-state index contributed by atoms with van der Waals surface area (Å²) in [6, 6.07) is 1.86. The van der Waals surface area contributed by atoms with Crippen LogP contribution in [0.5, 0.6) is 5.88 Å². The molecule has 0 aromatic carbocycles. The van der Waals surface area contributed by atoms with Crippen molar-refractivity contribution in [2.45, 2.75) is 26.7 Å². The molecule has 1 aliphatic heterocycles. The van der Waals surface area contributed by atoms with E-state index in [1.54, 1.807) is 7.11 Å². The first-order valence-electron chi connectivity index (χ1n) is 7.08. The SMILES string of the molecule is CCN(CC1CCCNC1)c1nc(C)cc(OC)n1. The van der Waals surface area contributed by atoms with Gasteiger partial charge in [0.05, 0.1) is 7.11 Å². The largest absolute Gasteiger partial charge is 0.481 e. The van der Waals surface area contributed by atoms with E-state index < -0.39 is 0 Å². The third-order valence-electron chi connectivity index (χ3n) is 3.57. The van der Waals surface area contributed by atoms with E-state index in [9.17, 15) is 0 Å². The minimum atomic E-state index is 0.641. The molecule has 19 heavy (non-hydrogen) atoms. The van der Waals surface area contributed by atoms with Gasteiger partial charge in [0, 0.05) is 24.8 Å². The molecule has 0 aliphatic carbocycles. The average Bonchev–Trinajstić information content (AvgIpc) is 2.45. The molecule has 0 bridgehead atoms. The van der Waals surface area contributed by atoms with Gasteiger partial charge >= 0.3 is 0 Å². The first kappa shape index (κ1) is 14.1. The normalized spacial score (nSPS) is 19.2. The summed E-state index contributed by atoms with van der Waals surface area (Å²) < 4.78 is 5.23. The summed E-state index contributed by atoms with van der Waals surface area (Å²) in [5, 5.41) is 3.46. The predicted molar refractivity (Wildman–Crippen MR) is 76.8 cm³/mol. The molecule has 0 radical (unpaired) electrons. The smallest absolute Gasteiger partial charge is 0.228 e. The maximum absolute atomic E-state index is 5.23. The Labute approximate surface area is 115 Å². The number of rotatable bonds is 5. The van der Waals surface area contributed by atoms with Crippen molar-refractivity contribution in [1.82, 2.24) is 15.3 Å². The van der Waals surface area contributed by atoms with Crippen LogP contribution in [0, 0.1) is 12.8 Å². The highest BCUT2D eigenvalue weighted by Crippen LogP contribution is 2.18. The Morgan fingerprint density at radius 3 is 2.95 bits per heavy atom. The van der Waals surface area contributed by atoms with Crippen LogP contribution >= 0.6 is 0 Å². The second kappa shape index (κ2) is 6.70. The van der Waals surface area contributed by atoms with E-state index in [4.69, 9.17) is 4.74 Å². The highest BCUT2D eigenvalue weighted by atomic mass is 16.5. The Bertz CT molecular complexity index is 404. The third-order valence-corrected chi connectivity index (χ3v) is 3.57. The van der Waals surface area contributed by atoms with Crippen molar-refractivity contribution >= 4 is 5.95 Å². The zero-order valence-corrected chi connectivity index (χ0v) is 12.1. The molecular weight excluding hydrogens is 240 g/mol. The molecule has 106 valence electrons. The van der Waals surface area contributed by atoms with Crippen molar-refractivity contribution < 1.29 is 4.74 Å². The van der Waals surface area contributed by atoms with Gasteiger partial charge < -0.3 is 15.0 Å². The molecule has 1 aliphatic rings. The Morgan fingerprint density at radius 2 is 2.32 bits per heavy atom. The first-order valence-corrected chi connectivity index (χ1v) is 7.08. The lowest BCUT2D eigenvalue weighted by Gasteiger charge is -2.29. The number of methoxy groups -OCH3 is 1. The van der Waals surface area contributed by atoms with Crippen LogP contribution in [0.15, 0.2) is 6.07 Å². The van der Waals surface area contributed by atoms with E-state index in [-0.39, 0.29) is 0 Å². The van der Waals surface area contributed by atoms with Gasteiger partial charge in [0.15, 0.2) is 0 Å². The zero-order valence-electron chi connectivity index (χ0n) is 12.1. The average molecular weight is 264 g/mol. The van der Waals surface area contributed by atoms with Crippen molar-refractivity contribution in [3.8, 4) is 5.88 Å². The Balaban J connectivity index is 2.09. The van der Waals surface area contributed by atoms with Gasteiger partial charge in [0.2, 0.25) is 11.8 Å². The fraction of sp³-hybridized carbons (Fsp3) is 0.714. The van der Waals surface area contributed by atoms with E-state index in [0.717, 1.165) is 37.8 Å². The molecule has 2 heterocycles. The fourth-order valence-electron chi connectivity index (χ4n) is 2.51. The molecule has 1 saturated heterocycles. The summed E-state index contributed by atoms with van der Waals surface area (Å²) in [6.07, 6.45) is 2.55. The van der Waals surface area contributed by atoms with Gasteiger partial charge in [-0.25, -0.2) is 4.98 Å². The van der Waals surface area contributed by atoms with Crippen LogP contribution in [0.2, 0.25) is 0 Å². The van der Waals surface area contributed by atoms with Gasteiger partial charge in [-0.3, -0.25) is 0 Å². The monoisotopic (exact) mass is 264 g/mol. The number of hydrogen-bond acceptors (Lipinski definition) is 5. The van der Waals surface area contributed by atoms with Gasteiger partial charge in [-0.15, -0.1) is 0 Å². The van der Waals surface area contributed by atoms with Gasteiger partial charge in [0.25, 0.3) is 0 Å². The fourth-order valence-corrected chi connectivity index (χ4v) is 2.51. The van der Waals surface area contributed by atoms with Gasteiger partial charge in [-0.1, -0.05) is 0 Å². The van der Waals surface area contributed by atoms with Crippen molar-refractivity contribution in [2.75, 3.05) is 38.2 Å². The molecule has 1 fully saturated rings. The van der Waals surface area contributed by atoms with Crippen LogP contribution in [0.4, 0.5) is 5.95 Å². The first-order chi connectivity index (χ1) is 9.22. The lowest BCUT2D eigenvalue weighted by Crippen LogP contribution is -2.39. The number of nitrogens with one attached hydrogen (secondary N) is 1. The summed E-state index contributed by atoms with van der Waals surface area (Å²) in [5.41, 5.74) is 0.946. The molecule has 0 spiro atoms. The summed E-state index contributed by atoms with van der Waals surface area (Å²) in [5.74, 6) is 2.11. The molecule has 0 amide bonds. The third kappa shape index (κ3) is 3.80. The number of anilines is 1. The summed E-state index contributed by atoms with van der Waals surface area (Å²) in [7, 11) is 1.65. The lowest BCUT2D eigenvalue weighted by atomic mass is 9.99. The maximum Gasteiger partial charge on any atom is 0.228 e. The number of ether oxygens (including phenoxy) is 1. The van der Waals surface area contributed by atoms with Crippen molar-refractivity contribution in [3.05, 3.63) is 11.8 Å². The summed E-state index contributed by atoms with van der Waals surface area (Å²) in [4.78, 5) is 11.2. The van der Waals surface area contributed by atoms with E-state index in [2.05, 4.69) is 27.1 Å². The molecule has 1 N–H and O–H groups in total. The predicted octanol–water partition coefficient (Wildman–Crippen LogP) is 1.62. The van der Waals surface area contributed by atoms with Crippen LogP contribution in [0.1, 0.15) is 25.5 Å². The van der Waals surface area contributed by atoms with Crippen molar-refractivity contribution in [1.29, 1.82) is 0 Å². The number of aryl methyl sites for hydroxylation is 1. The van der Waals surface area contributed by atoms with Gasteiger partial charge in [0.1, 0.15) is 0 Å². The number of piperidine rings is 1. The summed E-state index contributed by atoms with van der Waals surface area (Å²) >= 11 is 0. The highest BCUT2D eigenvalue weighted by molar-refractivity contribution is 5.34. The molecule has 0 saturated carbocycles. The lowest BCUT2D eigenvalue weighted by molar-refractivity contribution is 0.374. The number of nitrogens with zero attached hydrogens (tertiary/aromatic N) is 3. The zero-order chi connectivity index (χ0) is 13.7.